The fraction of sp³-hybridized carbons (Fsp3) is 0.240. The van der Waals surface area contributed by atoms with Crippen molar-refractivity contribution < 1.29 is 14.3 Å². The standard InChI is InChI=1S/C25H28N4O3S/c1-3-29(17-24(31)28-21-10-7-11-22(15-21)32-2)16-23(30)27-20-9-6-8-19(14-20)18-33-25-12-4-5-13-26-25/h4-15H,3,16-18H2,1-2H3,(H,27,30)(H,28,31). The maximum Gasteiger partial charge on any atom is 0.238 e. The number of nitrogens with one attached hydrogen (secondary N) is 2. The summed E-state index contributed by atoms with van der Waals surface area (Å²) in [6.07, 6.45) is 1.77. The molecule has 7 nitrogen and oxygen atoms in total. The number of hydrogen-bond donors (Lipinski definition) is 2. The first-order chi connectivity index (χ1) is 16.1. The number of anilines is 2. The lowest BCUT2D eigenvalue weighted by atomic mass is 10.2. The molecular formula is C25H28N4O3S. The van der Waals surface area contributed by atoms with Gasteiger partial charge in [0.15, 0.2) is 0 Å². The van der Waals surface area contributed by atoms with Gasteiger partial charge in [-0.3, -0.25) is 14.5 Å². The van der Waals surface area contributed by atoms with E-state index in [0.29, 0.717) is 18.0 Å². The summed E-state index contributed by atoms with van der Waals surface area (Å²) in [5, 5.41) is 6.73. The number of thioether (sulfide) groups is 1. The zero-order valence-electron chi connectivity index (χ0n) is 18.8. The average molecular weight is 465 g/mol. The molecule has 3 rings (SSSR count). The molecule has 0 aliphatic rings. The molecule has 0 saturated carbocycles. The maximum atomic E-state index is 12.6. The number of carbonyl (C=O) groups is 2. The Balaban J connectivity index is 1.49. The molecule has 2 aromatic carbocycles. The minimum absolute atomic E-state index is 0.113. The van der Waals surface area contributed by atoms with Gasteiger partial charge in [0.25, 0.3) is 0 Å². The highest BCUT2D eigenvalue weighted by Crippen LogP contribution is 2.22. The van der Waals surface area contributed by atoms with Crippen LogP contribution >= 0.6 is 11.8 Å². The lowest BCUT2D eigenvalue weighted by Crippen LogP contribution is -2.38. The molecule has 8 heteroatoms. The molecule has 0 atom stereocenters. The quantitative estimate of drug-likeness (QED) is 0.412. The molecule has 3 aromatic rings. The fourth-order valence-electron chi connectivity index (χ4n) is 3.12. The van der Waals surface area contributed by atoms with Crippen molar-refractivity contribution in [1.82, 2.24) is 9.88 Å². The smallest absolute Gasteiger partial charge is 0.238 e. The van der Waals surface area contributed by atoms with Crippen LogP contribution in [0.25, 0.3) is 0 Å². The Morgan fingerprint density at radius 3 is 2.27 bits per heavy atom. The minimum atomic E-state index is -0.188. The number of nitrogens with zero attached hydrogens (tertiary/aromatic N) is 2. The van der Waals surface area contributed by atoms with E-state index in [2.05, 4.69) is 15.6 Å². The molecule has 33 heavy (non-hydrogen) atoms. The summed E-state index contributed by atoms with van der Waals surface area (Å²) >= 11 is 1.64. The Morgan fingerprint density at radius 1 is 0.939 bits per heavy atom. The van der Waals surface area contributed by atoms with E-state index in [-0.39, 0.29) is 24.9 Å². The van der Waals surface area contributed by atoms with E-state index in [1.807, 2.05) is 61.5 Å². The zero-order chi connectivity index (χ0) is 23.5. The highest BCUT2D eigenvalue weighted by Gasteiger charge is 2.14. The van der Waals surface area contributed by atoms with Crippen LogP contribution in [0.5, 0.6) is 5.75 Å². The second-order valence-electron chi connectivity index (χ2n) is 7.29. The van der Waals surface area contributed by atoms with Crippen LogP contribution in [0.3, 0.4) is 0 Å². The molecular weight excluding hydrogens is 436 g/mol. The molecule has 0 spiro atoms. The summed E-state index contributed by atoms with van der Waals surface area (Å²) in [5.41, 5.74) is 2.48. The molecule has 1 heterocycles. The van der Waals surface area contributed by atoms with Crippen molar-refractivity contribution in [2.24, 2.45) is 0 Å². The predicted molar refractivity (Wildman–Crippen MR) is 133 cm³/mol. The van der Waals surface area contributed by atoms with Crippen molar-refractivity contribution in [1.29, 1.82) is 0 Å². The molecule has 1 aromatic heterocycles. The van der Waals surface area contributed by atoms with Crippen LogP contribution in [0, 0.1) is 0 Å². The van der Waals surface area contributed by atoms with Crippen LogP contribution < -0.4 is 15.4 Å². The zero-order valence-corrected chi connectivity index (χ0v) is 19.6. The number of pyridine rings is 1. The SMILES string of the molecule is CCN(CC(=O)Nc1cccc(CSc2ccccn2)c1)CC(=O)Nc1cccc(OC)c1. The van der Waals surface area contributed by atoms with Gasteiger partial charge < -0.3 is 15.4 Å². The summed E-state index contributed by atoms with van der Waals surface area (Å²) < 4.78 is 5.17. The Hall–Kier alpha value is -3.36. The summed E-state index contributed by atoms with van der Waals surface area (Å²) in [5.74, 6) is 1.07. The highest BCUT2D eigenvalue weighted by atomic mass is 32.2. The third-order valence-electron chi connectivity index (χ3n) is 4.77. The molecule has 0 aliphatic carbocycles. The Bertz CT molecular complexity index is 1060. The van der Waals surface area contributed by atoms with Crippen molar-refractivity contribution in [3.63, 3.8) is 0 Å². The number of hydrogen-bond acceptors (Lipinski definition) is 6. The van der Waals surface area contributed by atoms with E-state index in [1.165, 1.54) is 0 Å². The highest BCUT2D eigenvalue weighted by molar-refractivity contribution is 7.98. The second kappa shape index (κ2) is 12.6. The van der Waals surface area contributed by atoms with Gasteiger partial charge in [-0.05, 0) is 48.5 Å². The van der Waals surface area contributed by atoms with Crippen LogP contribution in [-0.2, 0) is 15.3 Å². The normalized spacial score (nSPS) is 10.6. The molecule has 2 amide bonds. The molecule has 0 unspecified atom stereocenters. The second-order valence-corrected chi connectivity index (χ2v) is 8.28. The number of aromatic nitrogens is 1. The summed E-state index contributed by atoms with van der Waals surface area (Å²) in [7, 11) is 1.58. The molecule has 2 N–H and O–H groups in total. The summed E-state index contributed by atoms with van der Waals surface area (Å²) in [4.78, 5) is 31.1. The fourth-order valence-corrected chi connectivity index (χ4v) is 3.92. The van der Waals surface area contributed by atoms with Gasteiger partial charge in [-0.2, -0.15) is 0 Å². The van der Waals surface area contributed by atoms with Gasteiger partial charge in [0, 0.05) is 29.4 Å². The van der Waals surface area contributed by atoms with Crippen molar-refractivity contribution in [3.05, 3.63) is 78.5 Å². The Morgan fingerprint density at radius 2 is 1.64 bits per heavy atom. The lowest BCUT2D eigenvalue weighted by Gasteiger charge is -2.19. The molecule has 0 bridgehead atoms. The van der Waals surface area contributed by atoms with E-state index >= 15 is 0 Å². The van der Waals surface area contributed by atoms with Gasteiger partial charge in [0.2, 0.25) is 11.8 Å². The van der Waals surface area contributed by atoms with Crippen molar-refractivity contribution in [3.8, 4) is 5.75 Å². The molecule has 0 fully saturated rings. The van der Waals surface area contributed by atoms with Gasteiger partial charge >= 0.3 is 0 Å². The first kappa shape index (κ1) is 24.3. The van der Waals surface area contributed by atoms with Crippen LogP contribution in [0.1, 0.15) is 12.5 Å². The third-order valence-corrected chi connectivity index (χ3v) is 5.79. The average Bonchev–Trinajstić information content (AvgIpc) is 2.83. The van der Waals surface area contributed by atoms with Crippen LogP contribution in [0.15, 0.2) is 78.0 Å². The minimum Gasteiger partial charge on any atom is -0.497 e. The summed E-state index contributed by atoms with van der Waals surface area (Å²) in [6, 6.07) is 20.7. The van der Waals surface area contributed by atoms with E-state index in [0.717, 1.165) is 22.0 Å². The monoisotopic (exact) mass is 464 g/mol. The van der Waals surface area contributed by atoms with E-state index in [9.17, 15) is 9.59 Å². The number of ether oxygens (including phenoxy) is 1. The van der Waals surface area contributed by atoms with Gasteiger partial charge in [-0.15, -0.1) is 11.8 Å². The van der Waals surface area contributed by atoms with Crippen LogP contribution in [0.4, 0.5) is 11.4 Å². The number of methoxy groups -OCH3 is 1. The maximum absolute atomic E-state index is 12.6. The van der Waals surface area contributed by atoms with Crippen molar-refractivity contribution in [2.75, 3.05) is 37.4 Å². The molecule has 0 aliphatic heterocycles. The van der Waals surface area contributed by atoms with Gasteiger partial charge in [0.1, 0.15) is 5.75 Å². The molecule has 172 valence electrons. The number of rotatable bonds is 11. The molecule has 0 saturated heterocycles. The van der Waals surface area contributed by atoms with E-state index < -0.39 is 0 Å². The third kappa shape index (κ3) is 8.25. The topological polar surface area (TPSA) is 83.6 Å². The number of benzene rings is 2. The first-order valence-corrected chi connectivity index (χ1v) is 11.6. The van der Waals surface area contributed by atoms with E-state index in [4.69, 9.17) is 4.74 Å². The number of likely N-dealkylation sites (N-methyl/N-ethyl adjacent to an activating group) is 1. The first-order valence-electron chi connectivity index (χ1n) is 10.6. The Labute approximate surface area is 198 Å². The van der Waals surface area contributed by atoms with Crippen LogP contribution in [0.2, 0.25) is 0 Å². The Kier molecular flexibility index (Phi) is 9.29. The number of carbonyl (C=O) groups excluding carboxylic acids is 2. The lowest BCUT2D eigenvalue weighted by molar-refractivity contribution is -0.119. The van der Waals surface area contributed by atoms with E-state index in [1.54, 1.807) is 42.1 Å². The van der Waals surface area contributed by atoms with Crippen molar-refractivity contribution in [2.45, 2.75) is 17.7 Å². The number of amides is 2. The predicted octanol–water partition coefficient (Wildman–Crippen LogP) is 4.28. The molecule has 0 radical (unpaired) electrons. The van der Waals surface area contributed by atoms with Crippen LogP contribution in [-0.4, -0.2) is 48.4 Å². The summed E-state index contributed by atoms with van der Waals surface area (Å²) in [6.45, 7) is 2.72. The van der Waals surface area contributed by atoms with Gasteiger partial charge in [-0.25, -0.2) is 4.98 Å². The largest absolute Gasteiger partial charge is 0.497 e. The van der Waals surface area contributed by atoms with Crippen molar-refractivity contribution >= 4 is 35.0 Å². The van der Waals surface area contributed by atoms with Gasteiger partial charge in [-0.1, -0.05) is 31.2 Å². The van der Waals surface area contributed by atoms with Gasteiger partial charge in [0.05, 0.1) is 25.2 Å².